The van der Waals surface area contributed by atoms with E-state index in [1.54, 1.807) is 0 Å². The highest BCUT2D eigenvalue weighted by Gasteiger charge is 2.20. The van der Waals surface area contributed by atoms with Crippen LogP contribution in [0.15, 0.2) is 12.1 Å². The number of hydrogen-bond acceptors (Lipinski definition) is 3. The van der Waals surface area contributed by atoms with Gasteiger partial charge in [-0.05, 0) is 38.3 Å². The topological polar surface area (TPSA) is 21.3 Å². The number of thiophene rings is 1. The molecule has 1 fully saturated rings. The molecule has 1 aliphatic rings. The van der Waals surface area contributed by atoms with E-state index in [9.17, 15) is 0 Å². The molecule has 17 heavy (non-hydrogen) atoms. The lowest BCUT2D eigenvalue weighted by molar-refractivity contribution is 0.0488. The van der Waals surface area contributed by atoms with Gasteiger partial charge in [0, 0.05) is 22.3 Å². The van der Waals surface area contributed by atoms with Crippen molar-refractivity contribution in [3.8, 4) is 0 Å². The second-order valence-electron chi connectivity index (χ2n) is 4.93. The molecule has 1 aliphatic carbocycles. The van der Waals surface area contributed by atoms with Crippen LogP contribution < -0.4 is 5.32 Å². The van der Waals surface area contributed by atoms with E-state index < -0.39 is 0 Å². The summed E-state index contributed by atoms with van der Waals surface area (Å²) in [7, 11) is 0. The van der Waals surface area contributed by atoms with Gasteiger partial charge in [-0.2, -0.15) is 0 Å². The van der Waals surface area contributed by atoms with E-state index in [0.29, 0.717) is 6.10 Å². The van der Waals surface area contributed by atoms with Crippen LogP contribution in [0.25, 0.3) is 0 Å². The van der Waals surface area contributed by atoms with Crippen molar-refractivity contribution in [2.24, 2.45) is 0 Å². The monoisotopic (exact) mass is 253 g/mol. The summed E-state index contributed by atoms with van der Waals surface area (Å²) in [5.74, 6) is 0. The zero-order chi connectivity index (χ0) is 12.1. The van der Waals surface area contributed by atoms with Crippen LogP contribution in [0.4, 0.5) is 0 Å². The molecule has 1 aromatic rings. The summed E-state index contributed by atoms with van der Waals surface area (Å²) in [5, 5.41) is 3.54. The van der Waals surface area contributed by atoms with E-state index in [1.165, 1.54) is 29.0 Å². The first-order chi connectivity index (χ1) is 8.28. The maximum Gasteiger partial charge on any atom is 0.0813 e. The van der Waals surface area contributed by atoms with Crippen LogP contribution in [0.1, 0.15) is 49.3 Å². The molecule has 1 N–H and O–H groups in total. The Morgan fingerprint density at radius 3 is 2.88 bits per heavy atom. The molecule has 0 amide bonds. The van der Waals surface area contributed by atoms with Crippen LogP contribution in [0.3, 0.4) is 0 Å². The third kappa shape index (κ3) is 4.78. The molecule has 0 radical (unpaired) electrons. The van der Waals surface area contributed by atoms with Crippen molar-refractivity contribution in [2.45, 2.75) is 64.8 Å². The number of hydrogen-bond donors (Lipinski definition) is 1. The van der Waals surface area contributed by atoms with Gasteiger partial charge in [-0.15, -0.1) is 11.3 Å². The molecule has 1 atom stereocenters. The molecule has 1 unspecified atom stereocenters. The van der Waals surface area contributed by atoms with E-state index in [2.05, 4.69) is 31.3 Å². The van der Waals surface area contributed by atoms with Gasteiger partial charge in [0.2, 0.25) is 0 Å². The van der Waals surface area contributed by atoms with Crippen molar-refractivity contribution in [1.82, 2.24) is 5.32 Å². The molecule has 2 rings (SSSR count). The molecular weight excluding hydrogens is 230 g/mol. The highest BCUT2D eigenvalue weighted by Crippen LogP contribution is 2.22. The summed E-state index contributed by atoms with van der Waals surface area (Å²) in [4.78, 5) is 2.78. The van der Waals surface area contributed by atoms with Gasteiger partial charge in [-0.25, -0.2) is 0 Å². The largest absolute Gasteiger partial charge is 0.373 e. The van der Waals surface area contributed by atoms with Gasteiger partial charge in [-0.3, -0.25) is 0 Å². The van der Waals surface area contributed by atoms with E-state index >= 15 is 0 Å². The Hall–Kier alpha value is -0.380. The summed E-state index contributed by atoms with van der Waals surface area (Å²) in [6.07, 6.45) is 5.45. The SMILES string of the molecule is CCCC(C)OCc1ccc(CNC2CC2)s1. The zero-order valence-corrected chi connectivity index (χ0v) is 11.7. The van der Waals surface area contributed by atoms with Crippen LogP contribution in [-0.2, 0) is 17.9 Å². The molecule has 2 nitrogen and oxygen atoms in total. The fraction of sp³-hybridized carbons (Fsp3) is 0.714. The third-order valence-electron chi connectivity index (χ3n) is 3.06. The predicted molar refractivity (Wildman–Crippen MR) is 73.3 cm³/mol. The summed E-state index contributed by atoms with van der Waals surface area (Å²) in [6.45, 7) is 6.16. The standard InChI is InChI=1S/C14H23NOS/c1-3-4-11(2)16-10-14-8-7-13(17-14)9-15-12-5-6-12/h7-8,11-12,15H,3-6,9-10H2,1-2H3. The average Bonchev–Trinajstić information content (AvgIpc) is 3.03. The lowest BCUT2D eigenvalue weighted by atomic mass is 10.2. The number of nitrogens with one attached hydrogen (secondary N) is 1. The molecule has 3 heteroatoms. The lowest BCUT2D eigenvalue weighted by Crippen LogP contribution is -2.14. The van der Waals surface area contributed by atoms with Crippen molar-refractivity contribution in [3.63, 3.8) is 0 Å². The first-order valence-electron chi connectivity index (χ1n) is 6.70. The van der Waals surface area contributed by atoms with Crippen molar-refractivity contribution < 1.29 is 4.74 Å². The van der Waals surface area contributed by atoms with E-state index in [4.69, 9.17) is 4.74 Å². The van der Waals surface area contributed by atoms with Crippen LogP contribution in [-0.4, -0.2) is 12.1 Å². The Morgan fingerprint density at radius 1 is 1.41 bits per heavy atom. The van der Waals surface area contributed by atoms with Gasteiger partial charge < -0.3 is 10.1 Å². The van der Waals surface area contributed by atoms with Gasteiger partial charge >= 0.3 is 0 Å². The summed E-state index contributed by atoms with van der Waals surface area (Å²) < 4.78 is 5.81. The van der Waals surface area contributed by atoms with Gasteiger partial charge in [0.05, 0.1) is 12.7 Å². The predicted octanol–water partition coefficient (Wildman–Crippen LogP) is 3.71. The maximum atomic E-state index is 5.81. The normalized spacial score (nSPS) is 17.3. The molecule has 0 aromatic carbocycles. The number of rotatable bonds is 8. The summed E-state index contributed by atoms with van der Waals surface area (Å²) in [5.41, 5.74) is 0. The smallest absolute Gasteiger partial charge is 0.0813 e. The Labute approximate surface area is 108 Å². The van der Waals surface area contributed by atoms with E-state index in [-0.39, 0.29) is 0 Å². The highest BCUT2D eigenvalue weighted by molar-refractivity contribution is 7.11. The summed E-state index contributed by atoms with van der Waals surface area (Å²) in [6, 6.07) is 5.22. The molecular formula is C14H23NOS. The molecule has 0 aliphatic heterocycles. The maximum absolute atomic E-state index is 5.81. The minimum absolute atomic E-state index is 0.384. The molecule has 96 valence electrons. The summed E-state index contributed by atoms with van der Waals surface area (Å²) >= 11 is 1.88. The molecule has 0 spiro atoms. The lowest BCUT2D eigenvalue weighted by Gasteiger charge is -2.10. The van der Waals surface area contributed by atoms with Crippen molar-refractivity contribution in [3.05, 3.63) is 21.9 Å². The van der Waals surface area contributed by atoms with Crippen molar-refractivity contribution >= 4 is 11.3 Å². The Bertz CT molecular complexity index is 333. The van der Waals surface area contributed by atoms with Crippen LogP contribution >= 0.6 is 11.3 Å². The van der Waals surface area contributed by atoms with Gasteiger partial charge in [-0.1, -0.05) is 13.3 Å². The fourth-order valence-corrected chi connectivity index (χ4v) is 2.73. The first kappa shape index (κ1) is 13.1. The van der Waals surface area contributed by atoms with Crippen LogP contribution in [0.5, 0.6) is 0 Å². The third-order valence-corrected chi connectivity index (χ3v) is 4.12. The Morgan fingerprint density at radius 2 is 2.18 bits per heavy atom. The van der Waals surface area contributed by atoms with Crippen molar-refractivity contribution in [1.29, 1.82) is 0 Å². The quantitative estimate of drug-likeness (QED) is 0.762. The number of ether oxygens (including phenoxy) is 1. The minimum Gasteiger partial charge on any atom is -0.373 e. The molecule has 1 saturated carbocycles. The van der Waals surface area contributed by atoms with Crippen LogP contribution in [0.2, 0.25) is 0 Å². The van der Waals surface area contributed by atoms with Gasteiger partial charge in [0.25, 0.3) is 0 Å². The van der Waals surface area contributed by atoms with Gasteiger partial charge in [0.15, 0.2) is 0 Å². The molecule has 0 saturated heterocycles. The molecule has 1 aromatic heterocycles. The average molecular weight is 253 g/mol. The second-order valence-corrected chi connectivity index (χ2v) is 6.19. The highest BCUT2D eigenvalue weighted by atomic mass is 32.1. The van der Waals surface area contributed by atoms with E-state index in [0.717, 1.165) is 25.6 Å². The Balaban J connectivity index is 1.69. The second kappa shape index (κ2) is 6.53. The first-order valence-corrected chi connectivity index (χ1v) is 7.52. The minimum atomic E-state index is 0.384. The zero-order valence-electron chi connectivity index (χ0n) is 10.9. The molecule has 0 bridgehead atoms. The Kier molecular flexibility index (Phi) is 5.01. The van der Waals surface area contributed by atoms with Crippen molar-refractivity contribution in [2.75, 3.05) is 0 Å². The van der Waals surface area contributed by atoms with Crippen LogP contribution in [0, 0.1) is 0 Å². The van der Waals surface area contributed by atoms with Gasteiger partial charge in [0.1, 0.15) is 0 Å². The molecule has 1 heterocycles. The van der Waals surface area contributed by atoms with E-state index in [1.807, 2.05) is 11.3 Å². The fourth-order valence-electron chi connectivity index (χ4n) is 1.84.